The van der Waals surface area contributed by atoms with Gasteiger partial charge in [-0.1, -0.05) is 81.0 Å². The lowest BCUT2D eigenvalue weighted by Gasteiger charge is -2.28. The molecule has 192 valence electrons. The van der Waals surface area contributed by atoms with E-state index in [0.29, 0.717) is 11.8 Å². The number of aryl methyl sites for hydroxylation is 1. The second-order valence-corrected chi connectivity index (χ2v) is 12.2. The molecule has 3 nitrogen and oxygen atoms in total. The molecular weight excluding hydrogens is 462 g/mol. The Hall–Kier alpha value is -3.33. The minimum atomic E-state index is 0.642. The van der Waals surface area contributed by atoms with Crippen molar-refractivity contribution >= 4 is 21.8 Å². The van der Waals surface area contributed by atoms with Gasteiger partial charge in [0, 0.05) is 34.5 Å². The summed E-state index contributed by atoms with van der Waals surface area (Å²) in [6, 6.07) is 20.9. The first-order chi connectivity index (χ1) is 18.8. The van der Waals surface area contributed by atoms with Crippen LogP contribution in [0.15, 0.2) is 67.0 Å². The predicted molar refractivity (Wildman–Crippen MR) is 156 cm³/mol. The zero-order valence-corrected chi connectivity index (χ0v) is 22.6. The topological polar surface area (TPSA) is 13.7 Å². The molecule has 0 spiro atoms. The Morgan fingerprint density at radius 3 is 2.24 bits per heavy atom. The van der Waals surface area contributed by atoms with E-state index in [1.807, 2.05) is 0 Å². The fraction of sp³-hybridized carbons (Fsp3) is 0.400. The van der Waals surface area contributed by atoms with Gasteiger partial charge in [-0.05, 0) is 55.2 Å². The highest BCUT2D eigenvalue weighted by molar-refractivity contribution is 6.13. The summed E-state index contributed by atoms with van der Waals surface area (Å²) in [7, 11) is 2.31. The lowest BCUT2D eigenvalue weighted by atomic mass is 9.77. The van der Waals surface area contributed by atoms with Crippen LogP contribution in [0.1, 0.15) is 92.7 Å². The number of aromatic nitrogens is 3. The van der Waals surface area contributed by atoms with Crippen LogP contribution in [0, 0.1) is 0 Å². The molecule has 0 bridgehead atoms. The Labute approximate surface area is 225 Å². The quantitative estimate of drug-likeness (QED) is 0.216. The van der Waals surface area contributed by atoms with Gasteiger partial charge in [-0.25, -0.2) is 4.57 Å². The van der Waals surface area contributed by atoms with Gasteiger partial charge in [-0.15, -0.1) is 0 Å². The van der Waals surface area contributed by atoms with Crippen LogP contribution in [0.25, 0.3) is 38.9 Å². The molecule has 0 amide bonds. The maximum Gasteiger partial charge on any atom is 0.294 e. The molecule has 0 unspecified atom stereocenters. The normalized spacial score (nSPS) is 18.3. The van der Waals surface area contributed by atoms with Gasteiger partial charge >= 0.3 is 0 Å². The van der Waals surface area contributed by atoms with Crippen molar-refractivity contribution in [1.82, 2.24) is 9.13 Å². The Morgan fingerprint density at radius 2 is 1.45 bits per heavy atom. The number of fused-ring (bicyclic) bond motifs is 6. The third-order valence-electron chi connectivity index (χ3n) is 10.0. The second kappa shape index (κ2) is 8.86. The van der Waals surface area contributed by atoms with Crippen LogP contribution in [0.5, 0.6) is 0 Å². The number of nitrogens with zero attached hydrogens (tertiary/aromatic N) is 3. The van der Waals surface area contributed by atoms with E-state index in [0.717, 1.165) is 6.54 Å². The molecule has 0 N–H and O–H groups in total. The number of imidazole rings is 1. The molecule has 2 fully saturated rings. The third kappa shape index (κ3) is 3.30. The summed E-state index contributed by atoms with van der Waals surface area (Å²) in [5.41, 5.74) is 10.3. The summed E-state index contributed by atoms with van der Waals surface area (Å²) < 4.78 is 7.55. The van der Waals surface area contributed by atoms with Crippen LogP contribution < -0.4 is 4.57 Å². The second-order valence-electron chi connectivity index (χ2n) is 12.2. The number of para-hydroxylation sites is 1. The Morgan fingerprint density at radius 1 is 0.763 bits per heavy atom. The molecule has 2 aromatic heterocycles. The average molecular weight is 501 g/mol. The van der Waals surface area contributed by atoms with Gasteiger partial charge in [0.15, 0.2) is 5.69 Å². The molecule has 3 heteroatoms. The first-order valence-corrected chi connectivity index (χ1v) is 15.0. The largest absolute Gasteiger partial charge is 0.340 e. The number of benzene rings is 3. The minimum absolute atomic E-state index is 0.642. The lowest BCUT2D eigenvalue weighted by Crippen LogP contribution is -2.30. The molecule has 8 rings (SSSR count). The SMILES string of the molecule is Cn1c2ccccc2c2c(C3CCCCC3)cc(C3CCCCC3)c(-n3cc[n+]4c3-c3ccccc3C4)c21. The van der Waals surface area contributed by atoms with Crippen molar-refractivity contribution < 1.29 is 4.57 Å². The van der Waals surface area contributed by atoms with Gasteiger partial charge in [-0.2, -0.15) is 4.57 Å². The van der Waals surface area contributed by atoms with E-state index in [2.05, 4.69) is 87.7 Å². The molecular formula is C35H38N3+. The Balaban J connectivity index is 1.49. The van der Waals surface area contributed by atoms with E-state index in [1.54, 1.807) is 11.1 Å². The molecule has 0 saturated heterocycles. The zero-order valence-electron chi connectivity index (χ0n) is 22.6. The molecule has 3 heterocycles. The molecule has 0 atom stereocenters. The van der Waals surface area contributed by atoms with E-state index in [4.69, 9.17) is 0 Å². The molecule has 2 saturated carbocycles. The summed E-state index contributed by atoms with van der Waals surface area (Å²) in [5, 5.41) is 2.95. The van der Waals surface area contributed by atoms with Gasteiger partial charge < -0.3 is 4.57 Å². The van der Waals surface area contributed by atoms with Crippen LogP contribution >= 0.6 is 0 Å². The van der Waals surface area contributed by atoms with Gasteiger partial charge in [0.1, 0.15) is 18.9 Å². The maximum absolute atomic E-state index is 2.72. The zero-order chi connectivity index (χ0) is 25.2. The highest BCUT2D eigenvalue weighted by Crippen LogP contribution is 2.47. The van der Waals surface area contributed by atoms with Crippen molar-refractivity contribution in [2.45, 2.75) is 82.6 Å². The van der Waals surface area contributed by atoms with E-state index >= 15 is 0 Å². The van der Waals surface area contributed by atoms with E-state index < -0.39 is 0 Å². The average Bonchev–Trinajstić information content (AvgIpc) is 3.64. The van der Waals surface area contributed by atoms with Crippen LogP contribution in [-0.4, -0.2) is 9.13 Å². The van der Waals surface area contributed by atoms with Crippen LogP contribution in [0.2, 0.25) is 0 Å². The Kier molecular flexibility index (Phi) is 5.28. The molecule has 5 aromatic rings. The lowest BCUT2D eigenvalue weighted by molar-refractivity contribution is -0.671. The van der Waals surface area contributed by atoms with Crippen molar-refractivity contribution in [2.75, 3.05) is 0 Å². The summed E-state index contributed by atoms with van der Waals surface area (Å²) in [5.74, 6) is 2.66. The molecule has 2 aliphatic carbocycles. The summed E-state index contributed by atoms with van der Waals surface area (Å²) in [6.45, 7) is 0.968. The smallest absolute Gasteiger partial charge is 0.294 e. The maximum atomic E-state index is 2.72. The first-order valence-electron chi connectivity index (χ1n) is 15.0. The van der Waals surface area contributed by atoms with Crippen molar-refractivity contribution in [3.63, 3.8) is 0 Å². The molecule has 0 radical (unpaired) electrons. The predicted octanol–water partition coefficient (Wildman–Crippen LogP) is 8.53. The number of rotatable bonds is 3. The van der Waals surface area contributed by atoms with Gasteiger partial charge in [-0.3, -0.25) is 0 Å². The van der Waals surface area contributed by atoms with Crippen molar-refractivity contribution in [2.24, 2.45) is 7.05 Å². The fourth-order valence-corrected chi connectivity index (χ4v) is 8.20. The number of hydrogen-bond donors (Lipinski definition) is 0. The monoisotopic (exact) mass is 500 g/mol. The van der Waals surface area contributed by atoms with Crippen LogP contribution in [0.4, 0.5) is 0 Å². The standard InChI is InChI=1S/C35H38N3/c1-36-31-19-11-10-18-28(31)32-29(24-12-4-2-5-13-24)22-30(25-14-6-3-7-15-25)33(34(32)36)38-21-20-37-23-26-16-8-9-17-27(26)35(37)38/h8-11,16-22,24-25H,2-7,12-15,23H2,1H3/q+1. The van der Waals surface area contributed by atoms with E-state index in [9.17, 15) is 0 Å². The van der Waals surface area contributed by atoms with Crippen molar-refractivity contribution in [1.29, 1.82) is 0 Å². The van der Waals surface area contributed by atoms with E-state index in [-0.39, 0.29) is 0 Å². The summed E-state index contributed by atoms with van der Waals surface area (Å²) in [4.78, 5) is 0. The molecule has 1 aliphatic heterocycles. The van der Waals surface area contributed by atoms with Crippen molar-refractivity contribution in [3.8, 4) is 17.1 Å². The van der Waals surface area contributed by atoms with Gasteiger partial charge in [0.25, 0.3) is 5.82 Å². The fourth-order valence-electron chi connectivity index (χ4n) is 8.20. The third-order valence-corrected chi connectivity index (χ3v) is 10.0. The van der Waals surface area contributed by atoms with E-state index in [1.165, 1.54) is 109 Å². The molecule has 3 aromatic carbocycles. The van der Waals surface area contributed by atoms with Crippen LogP contribution in [-0.2, 0) is 13.6 Å². The molecule has 3 aliphatic rings. The van der Waals surface area contributed by atoms with Crippen LogP contribution in [0.3, 0.4) is 0 Å². The number of hydrogen-bond acceptors (Lipinski definition) is 0. The summed E-state index contributed by atoms with van der Waals surface area (Å²) >= 11 is 0. The highest BCUT2D eigenvalue weighted by atomic mass is 15.2. The first kappa shape index (κ1) is 22.6. The minimum Gasteiger partial charge on any atom is -0.340 e. The molecule has 38 heavy (non-hydrogen) atoms. The summed E-state index contributed by atoms with van der Waals surface area (Å²) in [6.07, 6.45) is 18.2. The highest BCUT2D eigenvalue weighted by Gasteiger charge is 2.35. The van der Waals surface area contributed by atoms with Crippen molar-refractivity contribution in [3.05, 3.63) is 83.7 Å². The van der Waals surface area contributed by atoms with Gasteiger partial charge in [0.05, 0.1) is 11.1 Å². The Bertz CT molecular complexity index is 1670. The van der Waals surface area contributed by atoms with Gasteiger partial charge in [0.2, 0.25) is 0 Å².